The summed E-state index contributed by atoms with van der Waals surface area (Å²) in [5, 5.41) is 3.30. The molecule has 0 saturated heterocycles. The number of nitrogens with zero attached hydrogens (tertiary/aromatic N) is 2. The first-order chi connectivity index (χ1) is 7.99. The van der Waals surface area contributed by atoms with E-state index in [1.54, 1.807) is 12.3 Å². The summed E-state index contributed by atoms with van der Waals surface area (Å²) in [6.45, 7) is 5.14. The van der Waals surface area contributed by atoms with E-state index in [9.17, 15) is 4.79 Å². The van der Waals surface area contributed by atoms with E-state index in [4.69, 9.17) is 11.6 Å². The normalized spacial score (nSPS) is 10.4. The molecule has 1 N–H and O–H groups in total. The molecule has 94 valence electrons. The van der Waals surface area contributed by atoms with Crippen LogP contribution in [0.4, 0.5) is 5.69 Å². The van der Waals surface area contributed by atoms with Crippen LogP contribution in [0.3, 0.4) is 0 Å². The number of nitrogens with one attached hydrogen (secondary N) is 1. The molecule has 0 unspecified atom stereocenters. The Hall–Kier alpha value is -1.29. The molecule has 1 aromatic heterocycles. The van der Waals surface area contributed by atoms with Crippen LogP contribution in [0.1, 0.15) is 13.8 Å². The van der Waals surface area contributed by atoms with Crippen molar-refractivity contribution in [2.75, 3.05) is 25.0 Å². The zero-order chi connectivity index (χ0) is 12.8. The van der Waals surface area contributed by atoms with Crippen LogP contribution >= 0.6 is 11.6 Å². The van der Waals surface area contributed by atoms with Gasteiger partial charge < -0.3 is 10.2 Å². The summed E-state index contributed by atoms with van der Waals surface area (Å²) < 4.78 is 0. The maximum Gasteiger partial charge on any atom is 0.239 e. The number of anilines is 1. The topological polar surface area (TPSA) is 45.2 Å². The van der Waals surface area contributed by atoms with E-state index in [0.717, 1.165) is 5.69 Å². The standard InChI is InChI=1S/C12H18ClN3O/c1-9(2)7-15-12(17)8-16(3)10-4-5-14-11(13)6-10/h4-6,9H,7-8H2,1-3H3,(H,15,17). The Morgan fingerprint density at radius 2 is 2.29 bits per heavy atom. The lowest BCUT2D eigenvalue weighted by Gasteiger charge is -2.19. The predicted molar refractivity (Wildman–Crippen MR) is 70.4 cm³/mol. The first-order valence-electron chi connectivity index (χ1n) is 5.58. The number of rotatable bonds is 5. The molecule has 17 heavy (non-hydrogen) atoms. The average molecular weight is 256 g/mol. The van der Waals surface area contributed by atoms with Crippen molar-refractivity contribution in [1.29, 1.82) is 0 Å². The highest BCUT2D eigenvalue weighted by atomic mass is 35.5. The molecule has 0 saturated carbocycles. The summed E-state index contributed by atoms with van der Waals surface area (Å²) in [5.41, 5.74) is 0.879. The fourth-order valence-corrected chi connectivity index (χ4v) is 1.48. The van der Waals surface area contributed by atoms with Crippen LogP contribution in [0.2, 0.25) is 5.15 Å². The molecule has 0 aliphatic heterocycles. The van der Waals surface area contributed by atoms with Crippen LogP contribution in [0, 0.1) is 5.92 Å². The third-order valence-electron chi connectivity index (χ3n) is 2.24. The van der Waals surface area contributed by atoms with Crippen molar-refractivity contribution < 1.29 is 4.79 Å². The monoisotopic (exact) mass is 255 g/mol. The summed E-state index contributed by atoms with van der Waals surface area (Å²) in [7, 11) is 1.85. The van der Waals surface area contributed by atoms with Crippen LogP contribution in [-0.4, -0.2) is 31.0 Å². The van der Waals surface area contributed by atoms with Gasteiger partial charge in [0.25, 0.3) is 0 Å². The van der Waals surface area contributed by atoms with Gasteiger partial charge in [0, 0.05) is 25.5 Å². The summed E-state index contributed by atoms with van der Waals surface area (Å²) in [6, 6.07) is 3.55. The van der Waals surface area contributed by atoms with Gasteiger partial charge in [0.2, 0.25) is 5.91 Å². The van der Waals surface area contributed by atoms with Crippen molar-refractivity contribution >= 4 is 23.2 Å². The number of halogens is 1. The van der Waals surface area contributed by atoms with Crippen molar-refractivity contribution in [2.24, 2.45) is 5.92 Å². The minimum Gasteiger partial charge on any atom is -0.365 e. The zero-order valence-corrected chi connectivity index (χ0v) is 11.2. The van der Waals surface area contributed by atoms with Gasteiger partial charge in [-0.1, -0.05) is 25.4 Å². The molecule has 0 aliphatic carbocycles. The highest BCUT2D eigenvalue weighted by molar-refractivity contribution is 6.29. The van der Waals surface area contributed by atoms with Crippen molar-refractivity contribution in [3.8, 4) is 0 Å². The van der Waals surface area contributed by atoms with Crippen molar-refractivity contribution in [2.45, 2.75) is 13.8 Å². The van der Waals surface area contributed by atoms with E-state index in [1.807, 2.05) is 18.0 Å². The van der Waals surface area contributed by atoms with Gasteiger partial charge in [-0.3, -0.25) is 4.79 Å². The molecule has 1 rings (SSSR count). The number of amides is 1. The second-order valence-corrected chi connectivity index (χ2v) is 4.78. The summed E-state index contributed by atoms with van der Waals surface area (Å²) in [5.74, 6) is 0.466. The van der Waals surface area contributed by atoms with Crippen molar-refractivity contribution in [1.82, 2.24) is 10.3 Å². The second kappa shape index (κ2) is 6.45. The number of hydrogen-bond donors (Lipinski definition) is 1. The first-order valence-corrected chi connectivity index (χ1v) is 5.96. The Morgan fingerprint density at radius 1 is 1.59 bits per heavy atom. The lowest BCUT2D eigenvalue weighted by Crippen LogP contribution is -2.36. The van der Waals surface area contributed by atoms with Gasteiger partial charge in [0.15, 0.2) is 0 Å². The molecule has 0 fully saturated rings. The third-order valence-corrected chi connectivity index (χ3v) is 2.45. The molecular weight excluding hydrogens is 238 g/mol. The first kappa shape index (κ1) is 13.8. The zero-order valence-electron chi connectivity index (χ0n) is 10.4. The van der Waals surface area contributed by atoms with E-state index in [1.165, 1.54) is 0 Å². The minimum atomic E-state index is 0.00846. The predicted octanol–water partition coefficient (Wildman–Crippen LogP) is 1.94. The Kier molecular flexibility index (Phi) is 5.22. The van der Waals surface area contributed by atoms with Crippen LogP contribution in [0.5, 0.6) is 0 Å². The van der Waals surface area contributed by atoms with Gasteiger partial charge in [-0.2, -0.15) is 0 Å². The Morgan fingerprint density at radius 3 is 2.88 bits per heavy atom. The maximum atomic E-state index is 11.6. The molecule has 0 atom stereocenters. The molecule has 1 amide bonds. The van der Waals surface area contributed by atoms with Crippen molar-refractivity contribution in [3.05, 3.63) is 23.5 Å². The van der Waals surface area contributed by atoms with Crippen LogP contribution in [-0.2, 0) is 4.79 Å². The summed E-state index contributed by atoms with van der Waals surface area (Å²) in [4.78, 5) is 17.4. The van der Waals surface area contributed by atoms with Crippen LogP contribution < -0.4 is 10.2 Å². The third kappa shape index (κ3) is 5.04. The molecule has 4 nitrogen and oxygen atoms in total. The van der Waals surface area contributed by atoms with Gasteiger partial charge >= 0.3 is 0 Å². The van der Waals surface area contributed by atoms with Crippen LogP contribution in [0.15, 0.2) is 18.3 Å². The van der Waals surface area contributed by atoms with Crippen molar-refractivity contribution in [3.63, 3.8) is 0 Å². The van der Waals surface area contributed by atoms with E-state index < -0.39 is 0 Å². The largest absolute Gasteiger partial charge is 0.365 e. The Bertz CT molecular complexity index is 382. The average Bonchev–Trinajstić information content (AvgIpc) is 2.26. The minimum absolute atomic E-state index is 0.00846. The van der Waals surface area contributed by atoms with E-state index in [2.05, 4.69) is 24.1 Å². The number of carbonyl (C=O) groups excluding carboxylic acids is 1. The molecular formula is C12H18ClN3O. The van der Waals surface area contributed by atoms with Gasteiger partial charge in [-0.15, -0.1) is 0 Å². The smallest absolute Gasteiger partial charge is 0.239 e. The van der Waals surface area contributed by atoms with Gasteiger partial charge in [0.05, 0.1) is 6.54 Å². The van der Waals surface area contributed by atoms with Gasteiger partial charge in [0.1, 0.15) is 5.15 Å². The van der Waals surface area contributed by atoms with E-state index >= 15 is 0 Å². The highest BCUT2D eigenvalue weighted by Crippen LogP contribution is 2.15. The lowest BCUT2D eigenvalue weighted by atomic mass is 10.2. The number of carbonyl (C=O) groups is 1. The van der Waals surface area contributed by atoms with E-state index in [-0.39, 0.29) is 5.91 Å². The van der Waals surface area contributed by atoms with E-state index in [0.29, 0.717) is 24.2 Å². The lowest BCUT2D eigenvalue weighted by molar-refractivity contribution is -0.119. The number of pyridine rings is 1. The molecule has 0 bridgehead atoms. The number of likely N-dealkylation sites (N-methyl/N-ethyl adjacent to an activating group) is 1. The quantitative estimate of drug-likeness (QED) is 0.818. The van der Waals surface area contributed by atoms with Gasteiger partial charge in [-0.25, -0.2) is 4.98 Å². The number of aromatic nitrogens is 1. The fourth-order valence-electron chi connectivity index (χ4n) is 1.31. The molecule has 0 aromatic carbocycles. The van der Waals surface area contributed by atoms with Crippen LogP contribution in [0.25, 0.3) is 0 Å². The maximum absolute atomic E-state index is 11.6. The summed E-state index contributed by atoms with van der Waals surface area (Å²) in [6.07, 6.45) is 1.63. The fraction of sp³-hybridized carbons (Fsp3) is 0.500. The second-order valence-electron chi connectivity index (χ2n) is 4.39. The Balaban J connectivity index is 2.48. The van der Waals surface area contributed by atoms with Gasteiger partial charge in [-0.05, 0) is 18.1 Å². The molecule has 1 heterocycles. The molecule has 1 aromatic rings. The highest BCUT2D eigenvalue weighted by Gasteiger charge is 2.08. The molecule has 0 aliphatic rings. The summed E-state index contributed by atoms with van der Waals surface area (Å²) >= 11 is 5.79. The molecule has 0 radical (unpaired) electrons. The SMILES string of the molecule is CC(C)CNC(=O)CN(C)c1ccnc(Cl)c1. The molecule has 0 spiro atoms. The molecule has 5 heteroatoms. The number of hydrogen-bond acceptors (Lipinski definition) is 3. The Labute approximate surface area is 107 Å².